The van der Waals surface area contributed by atoms with Crippen LogP contribution in [0.3, 0.4) is 0 Å². The molecule has 180 valence electrons. The van der Waals surface area contributed by atoms with Crippen molar-refractivity contribution in [3.63, 3.8) is 0 Å². The SMILES string of the molecule is CCCNC(=O)[C@@H]1[C@@H]2CCC3(O2)C(C(=O)Nc2cc(C)ccc2C)N([C@@H](CC)CO)C(=O)[C@H]13. The summed E-state index contributed by atoms with van der Waals surface area (Å²) in [4.78, 5) is 42.1. The lowest BCUT2D eigenvalue weighted by Gasteiger charge is -2.36. The summed E-state index contributed by atoms with van der Waals surface area (Å²) >= 11 is 0. The Hall–Kier alpha value is -2.45. The van der Waals surface area contributed by atoms with Crippen LogP contribution in [0, 0.1) is 25.7 Å². The normalized spacial score (nSPS) is 30.9. The molecule has 2 unspecified atom stereocenters. The molecule has 8 nitrogen and oxygen atoms in total. The number of amides is 3. The van der Waals surface area contributed by atoms with Crippen molar-refractivity contribution < 1.29 is 24.2 Å². The molecule has 3 N–H and O–H groups in total. The van der Waals surface area contributed by atoms with Crippen LogP contribution in [0.1, 0.15) is 50.7 Å². The van der Waals surface area contributed by atoms with E-state index in [2.05, 4.69) is 10.6 Å². The van der Waals surface area contributed by atoms with Crippen LogP contribution < -0.4 is 10.6 Å². The first-order valence-electron chi connectivity index (χ1n) is 12.1. The van der Waals surface area contributed by atoms with Crippen LogP contribution in [0.25, 0.3) is 0 Å². The molecule has 3 heterocycles. The summed E-state index contributed by atoms with van der Waals surface area (Å²) in [5.41, 5.74) is 1.56. The van der Waals surface area contributed by atoms with Gasteiger partial charge in [-0.25, -0.2) is 0 Å². The van der Waals surface area contributed by atoms with Crippen molar-refractivity contribution in [1.82, 2.24) is 10.2 Å². The zero-order valence-electron chi connectivity index (χ0n) is 19.9. The van der Waals surface area contributed by atoms with E-state index in [1.165, 1.54) is 4.90 Å². The third kappa shape index (κ3) is 3.73. The van der Waals surface area contributed by atoms with Gasteiger partial charge in [-0.1, -0.05) is 26.0 Å². The Bertz CT molecular complexity index is 946. The summed E-state index contributed by atoms with van der Waals surface area (Å²) in [5, 5.41) is 16.0. The van der Waals surface area contributed by atoms with Gasteiger partial charge in [-0.3, -0.25) is 14.4 Å². The van der Waals surface area contributed by atoms with Crippen LogP contribution in [0.15, 0.2) is 18.2 Å². The maximum atomic E-state index is 13.8. The molecule has 1 aromatic rings. The number of aryl methyl sites for hydroxylation is 2. The van der Waals surface area contributed by atoms with Crippen molar-refractivity contribution in [2.24, 2.45) is 11.8 Å². The molecule has 0 aliphatic carbocycles. The molecule has 1 spiro atoms. The average molecular weight is 458 g/mol. The van der Waals surface area contributed by atoms with Crippen LogP contribution in [0.4, 0.5) is 5.69 Å². The van der Waals surface area contributed by atoms with E-state index in [-0.39, 0.29) is 30.4 Å². The van der Waals surface area contributed by atoms with Crippen molar-refractivity contribution >= 4 is 23.4 Å². The minimum atomic E-state index is -1.06. The maximum Gasteiger partial charge on any atom is 0.250 e. The van der Waals surface area contributed by atoms with Crippen molar-refractivity contribution in [2.45, 2.75) is 77.2 Å². The fourth-order valence-corrected chi connectivity index (χ4v) is 5.94. The van der Waals surface area contributed by atoms with E-state index >= 15 is 0 Å². The van der Waals surface area contributed by atoms with Crippen LogP contribution in [0.5, 0.6) is 0 Å². The number of anilines is 1. The second-order valence-electron chi connectivity index (χ2n) is 9.64. The number of fused-ring (bicyclic) bond motifs is 1. The van der Waals surface area contributed by atoms with Gasteiger partial charge in [0.2, 0.25) is 17.7 Å². The molecular formula is C25H35N3O5. The number of hydrogen-bond acceptors (Lipinski definition) is 5. The van der Waals surface area contributed by atoms with E-state index in [0.717, 1.165) is 17.5 Å². The fraction of sp³-hybridized carbons (Fsp3) is 0.640. The lowest BCUT2D eigenvalue weighted by Crippen LogP contribution is -2.56. The first-order chi connectivity index (χ1) is 15.8. The number of aliphatic hydroxyl groups excluding tert-OH is 1. The number of rotatable bonds is 8. The van der Waals surface area contributed by atoms with Crippen LogP contribution in [-0.2, 0) is 19.1 Å². The van der Waals surface area contributed by atoms with Gasteiger partial charge in [0, 0.05) is 12.2 Å². The van der Waals surface area contributed by atoms with Gasteiger partial charge in [-0.15, -0.1) is 0 Å². The molecule has 0 saturated carbocycles. The molecule has 2 bridgehead atoms. The van der Waals surface area contributed by atoms with Gasteiger partial charge in [-0.2, -0.15) is 0 Å². The number of aliphatic hydroxyl groups is 1. The lowest BCUT2D eigenvalue weighted by atomic mass is 9.70. The molecule has 3 amide bonds. The van der Waals surface area contributed by atoms with Crippen LogP contribution in [-0.4, -0.2) is 64.7 Å². The number of carbonyl (C=O) groups is 3. The zero-order chi connectivity index (χ0) is 23.9. The third-order valence-electron chi connectivity index (χ3n) is 7.56. The average Bonchev–Trinajstić information content (AvgIpc) is 3.43. The Morgan fingerprint density at radius 2 is 2.03 bits per heavy atom. The standard InChI is InChI=1S/C25H35N3O5/c1-5-11-26-22(30)19-18-9-10-25(33-18)20(19)24(32)28(16(6-2)13-29)21(25)23(31)27-17-12-14(3)7-8-15(17)4/h7-8,12,16,18-21,29H,5-6,9-11,13H2,1-4H3,(H,26,30)(H,27,31)/t16-,18-,19+,20-,21?,25?/m0/s1. The van der Waals surface area contributed by atoms with E-state index < -0.39 is 29.5 Å². The lowest BCUT2D eigenvalue weighted by molar-refractivity contribution is -0.144. The summed E-state index contributed by atoms with van der Waals surface area (Å²) in [6.07, 6.45) is 2.08. The van der Waals surface area contributed by atoms with Gasteiger partial charge < -0.3 is 25.4 Å². The van der Waals surface area contributed by atoms with Gasteiger partial charge in [0.25, 0.3) is 0 Å². The number of ether oxygens (including phenoxy) is 1. The van der Waals surface area contributed by atoms with E-state index in [0.29, 0.717) is 31.5 Å². The third-order valence-corrected chi connectivity index (χ3v) is 7.56. The number of nitrogens with one attached hydrogen (secondary N) is 2. The predicted molar refractivity (Wildman–Crippen MR) is 123 cm³/mol. The molecule has 3 saturated heterocycles. The predicted octanol–water partition coefficient (Wildman–Crippen LogP) is 1.91. The summed E-state index contributed by atoms with van der Waals surface area (Å²) in [6, 6.07) is 4.40. The van der Waals surface area contributed by atoms with Gasteiger partial charge in [-0.05, 0) is 56.7 Å². The first kappa shape index (κ1) is 23.7. The molecule has 3 aliphatic rings. The molecule has 4 rings (SSSR count). The Morgan fingerprint density at radius 3 is 2.70 bits per heavy atom. The first-order valence-corrected chi connectivity index (χ1v) is 12.1. The highest BCUT2D eigenvalue weighted by Gasteiger charge is 2.74. The molecule has 8 heteroatoms. The van der Waals surface area contributed by atoms with Crippen molar-refractivity contribution in [1.29, 1.82) is 0 Å². The number of benzene rings is 1. The fourth-order valence-electron chi connectivity index (χ4n) is 5.94. The Morgan fingerprint density at radius 1 is 1.27 bits per heavy atom. The molecule has 3 aliphatic heterocycles. The van der Waals surface area contributed by atoms with Gasteiger partial charge in [0.15, 0.2) is 0 Å². The number of likely N-dealkylation sites (tertiary alicyclic amines) is 1. The second-order valence-corrected chi connectivity index (χ2v) is 9.64. The van der Waals surface area contributed by atoms with Crippen LogP contribution in [0.2, 0.25) is 0 Å². The highest BCUT2D eigenvalue weighted by Crippen LogP contribution is 2.59. The minimum absolute atomic E-state index is 0.186. The van der Waals surface area contributed by atoms with Crippen molar-refractivity contribution in [2.75, 3.05) is 18.5 Å². The smallest absolute Gasteiger partial charge is 0.250 e. The minimum Gasteiger partial charge on any atom is -0.394 e. The highest BCUT2D eigenvalue weighted by atomic mass is 16.5. The van der Waals surface area contributed by atoms with Gasteiger partial charge >= 0.3 is 0 Å². The molecular weight excluding hydrogens is 422 g/mol. The number of hydrogen-bond donors (Lipinski definition) is 3. The Balaban J connectivity index is 1.72. The quantitative estimate of drug-likeness (QED) is 0.553. The molecule has 33 heavy (non-hydrogen) atoms. The Labute approximate surface area is 195 Å². The molecule has 1 aromatic carbocycles. The summed E-state index contributed by atoms with van der Waals surface area (Å²) in [5.74, 6) is -2.12. The van der Waals surface area contributed by atoms with Gasteiger partial charge in [0.1, 0.15) is 11.6 Å². The second kappa shape index (κ2) is 9.06. The summed E-state index contributed by atoms with van der Waals surface area (Å²) in [6.45, 7) is 8.00. The van der Waals surface area contributed by atoms with Crippen molar-refractivity contribution in [3.8, 4) is 0 Å². The topological polar surface area (TPSA) is 108 Å². The largest absolute Gasteiger partial charge is 0.394 e. The van der Waals surface area contributed by atoms with Gasteiger partial charge in [0.05, 0.1) is 30.6 Å². The van der Waals surface area contributed by atoms with Crippen LogP contribution >= 0.6 is 0 Å². The van der Waals surface area contributed by atoms with Crippen molar-refractivity contribution in [3.05, 3.63) is 29.3 Å². The highest BCUT2D eigenvalue weighted by molar-refractivity contribution is 6.04. The summed E-state index contributed by atoms with van der Waals surface area (Å²) in [7, 11) is 0. The summed E-state index contributed by atoms with van der Waals surface area (Å²) < 4.78 is 6.40. The van der Waals surface area contributed by atoms with E-state index in [4.69, 9.17) is 4.74 Å². The molecule has 3 fully saturated rings. The molecule has 6 atom stereocenters. The Kier molecular flexibility index (Phi) is 6.51. The maximum absolute atomic E-state index is 13.8. The number of nitrogens with zero attached hydrogens (tertiary/aromatic N) is 1. The number of carbonyl (C=O) groups excluding carboxylic acids is 3. The zero-order valence-corrected chi connectivity index (χ0v) is 19.9. The monoisotopic (exact) mass is 457 g/mol. The van der Waals surface area contributed by atoms with E-state index in [1.54, 1.807) is 0 Å². The van der Waals surface area contributed by atoms with E-state index in [1.807, 2.05) is 45.9 Å². The molecule has 0 radical (unpaired) electrons. The molecule has 0 aromatic heterocycles. The van der Waals surface area contributed by atoms with E-state index in [9.17, 15) is 19.5 Å².